The van der Waals surface area contributed by atoms with Crippen molar-refractivity contribution in [2.75, 3.05) is 6.61 Å². The van der Waals surface area contributed by atoms with E-state index in [0.29, 0.717) is 16.3 Å². The molecule has 1 aromatic rings. The molecule has 21 heavy (non-hydrogen) atoms. The summed E-state index contributed by atoms with van der Waals surface area (Å²) in [5.41, 5.74) is 0.584. The molecular formula is C17H21ClO3. The lowest BCUT2D eigenvalue weighted by atomic mass is 9.90. The van der Waals surface area contributed by atoms with Gasteiger partial charge >= 0.3 is 0 Å². The van der Waals surface area contributed by atoms with Crippen LogP contribution in [0.3, 0.4) is 0 Å². The molecule has 0 bridgehead atoms. The van der Waals surface area contributed by atoms with Crippen molar-refractivity contribution in [3.8, 4) is 5.75 Å². The lowest BCUT2D eigenvalue weighted by Gasteiger charge is -2.38. The fourth-order valence-corrected chi connectivity index (χ4v) is 3.68. The van der Waals surface area contributed by atoms with Crippen molar-refractivity contribution in [3.63, 3.8) is 0 Å². The average Bonchev–Trinajstić information content (AvgIpc) is 2.88. The molecule has 1 saturated heterocycles. The van der Waals surface area contributed by atoms with E-state index in [1.807, 2.05) is 0 Å². The SMILES string of the molecule is CC(=O)c1cc(Cl)ccc1OC1CCOC2(CCCC2)C1. The van der Waals surface area contributed by atoms with Gasteiger partial charge in [0.15, 0.2) is 5.78 Å². The van der Waals surface area contributed by atoms with E-state index in [1.54, 1.807) is 25.1 Å². The highest BCUT2D eigenvalue weighted by atomic mass is 35.5. The van der Waals surface area contributed by atoms with Gasteiger partial charge in [-0.25, -0.2) is 0 Å². The summed E-state index contributed by atoms with van der Waals surface area (Å²) >= 11 is 5.97. The highest BCUT2D eigenvalue weighted by Crippen LogP contribution is 2.41. The molecule has 2 aliphatic rings. The molecule has 1 saturated carbocycles. The van der Waals surface area contributed by atoms with Gasteiger partial charge in [-0.3, -0.25) is 4.79 Å². The summed E-state index contributed by atoms with van der Waals surface area (Å²) in [5, 5.41) is 0.562. The van der Waals surface area contributed by atoms with Crippen molar-refractivity contribution < 1.29 is 14.3 Å². The number of carbonyl (C=O) groups excluding carboxylic acids is 1. The number of Topliss-reactive ketones (excluding diaryl/α,β-unsaturated/α-hetero) is 1. The fraction of sp³-hybridized carbons (Fsp3) is 0.588. The maximum Gasteiger partial charge on any atom is 0.163 e. The molecular weight excluding hydrogens is 288 g/mol. The van der Waals surface area contributed by atoms with E-state index in [2.05, 4.69) is 0 Å². The summed E-state index contributed by atoms with van der Waals surface area (Å²) < 4.78 is 12.2. The van der Waals surface area contributed by atoms with Gasteiger partial charge in [0, 0.05) is 17.9 Å². The van der Waals surface area contributed by atoms with Gasteiger partial charge in [-0.2, -0.15) is 0 Å². The molecule has 0 aromatic heterocycles. The predicted octanol–water partition coefficient (Wildman–Crippen LogP) is 4.41. The highest BCUT2D eigenvalue weighted by Gasteiger charge is 2.40. The molecule has 114 valence electrons. The molecule has 3 rings (SSSR count). The van der Waals surface area contributed by atoms with Crippen LogP contribution in [-0.4, -0.2) is 24.1 Å². The van der Waals surface area contributed by atoms with Crippen molar-refractivity contribution in [3.05, 3.63) is 28.8 Å². The zero-order chi connectivity index (χ0) is 14.9. The minimum absolute atomic E-state index is 0.0184. The van der Waals surface area contributed by atoms with Crippen LogP contribution in [0, 0.1) is 0 Å². The number of hydrogen-bond donors (Lipinski definition) is 0. The number of carbonyl (C=O) groups is 1. The lowest BCUT2D eigenvalue weighted by molar-refractivity contribution is -0.108. The van der Waals surface area contributed by atoms with Gasteiger partial charge in [-0.15, -0.1) is 0 Å². The number of ketones is 1. The Kier molecular flexibility index (Phi) is 4.23. The molecule has 2 fully saturated rings. The van der Waals surface area contributed by atoms with Gasteiger partial charge in [0.25, 0.3) is 0 Å². The molecule has 1 heterocycles. The van der Waals surface area contributed by atoms with Crippen molar-refractivity contribution >= 4 is 17.4 Å². The monoisotopic (exact) mass is 308 g/mol. The van der Waals surface area contributed by atoms with Gasteiger partial charge in [0.2, 0.25) is 0 Å². The van der Waals surface area contributed by atoms with Crippen molar-refractivity contribution in [1.82, 2.24) is 0 Å². The Labute approximate surface area is 130 Å². The Morgan fingerprint density at radius 1 is 1.38 bits per heavy atom. The van der Waals surface area contributed by atoms with E-state index in [4.69, 9.17) is 21.1 Å². The summed E-state index contributed by atoms with van der Waals surface area (Å²) in [5.74, 6) is 0.627. The van der Waals surface area contributed by atoms with Crippen LogP contribution in [0.5, 0.6) is 5.75 Å². The van der Waals surface area contributed by atoms with E-state index < -0.39 is 0 Å². The summed E-state index contributed by atoms with van der Waals surface area (Å²) in [7, 11) is 0. The van der Waals surface area contributed by atoms with Crippen LogP contribution in [0.15, 0.2) is 18.2 Å². The third-order valence-corrected chi connectivity index (χ3v) is 4.81. The number of hydrogen-bond acceptors (Lipinski definition) is 3. The number of rotatable bonds is 3. The van der Waals surface area contributed by atoms with Crippen molar-refractivity contribution in [1.29, 1.82) is 0 Å². The smallest absolute Gasteiger partial charge is 0.163 e. The van der Waals surface area contributed by atoms with Gasteiger partial charge in [-0.05, 0) is 38.0 Å². The number of ether oxygens (including phenoxy) is 2. The predicted molar refractivity (Wildman–Crippen MR) is 82.3 cm³/mol. The van der Waals surface area contributed by atoms with Crippen molar-refractivity contribution in [2.45, 2.75) is 57.2 Å². The Morgan fingerprint density at radius 2 is 2.14 bits per heavy atom. The maximum absolute atomic E-state index is 11.7. The van der Waals surface area contributed by atoms with Gasteiger partial charge in [0.05, 0.1) is 17.8 Å². The third kappa shape index (κ3) is 3.24. The Morgan fingerprint density at radius 3 is 2.86 bits per heavy atom. The normalized spacial score (nSPS) is 24.2. The van der Waals surface area contributed by atoms with Gasteiger partial charge < -0.3 is 9.47 Å². The van der Waals surface area contributed by atoms with Crippen LogP contribution in [0.1, 0.15) is 55.8 Å². The van der Waals surface area contributed by atoms with Crippen LogP contribution in [0.2, 0.25) is 5.02 Å². The minimum atomic E-state index is -0.0184. The maximum atomic E-state index is 11.7. The van der Waals surface area contributed by atoms with Gasteiger partial charge in [-0.1, -0.05) is 24.4 Å². The second-order valence-corrected chi connectivity index (χ2v) is 6.60. The fourth-order valence-electron chi connectivity index (χ4n) is 3.51. The molecule has 3 nitrogen and oxygen atoms in total. The molecule has 1 unspecified atom stereocenters. The average molecular weight is 309 g/mol. The molecule has 0 amide bonds. The number of halogens is 1. The zero-order valence-electron chi connectivity index (χ0n) is 12.4. The third-order valence-electron chi connectivity index (χ3n) is 4.58. The van der Waals surface area contributed by atoms with Gasteiger partial charge in [0.1, 0.15) is 11.9 Å². The van der Waals surface area contributed by atoms with E-state index in [0.717, 1.165) is 32.3 Å². The van der Waals surface area contributed by atoms with E-state index >= 15 is 0 Å². The molecule has 1 atom stereocenters. The molecule has 4 heteroatoms. The van der Waals surface area contributed by atoms with Crippen LogP contribution in [-0.2, 0) is 4.74 Å². The summed E-state index contributed by atoms with van der Waals surface area (Å²) in [4.78, 5) is 11.7. The lowest BCUT2D eigenvalue weighted by Crippen LogP contribution is -2.41. The standard InChI is InChI=1S/C17H21ClO3/c1-12(19)15-10-13(18)4-5-16(15)21-14-6-9-20-17(11-14)7-2-3-8-17/h4-5,10,14H,2-3,6-9,11H2,1H3. The first-order chi connectivity index (χ1) is 10.1. The molecule has 1 aliphatic heterocycles. The largest absolute Gasteiger partial charge is 0.489 e. The first kappa shape index (κ1) is 14.9. The Balaban J connectivity index is 1.75. The van der Waals surface area contributed by atoms with E-state index in [1.165, 1.54) is 12.8 Å². The second-order valence-electron chi connectivity index (χ2n) is 6.17. The quantitative estimate of drug-likeness (QED) is 0.776. The van der Waals surface area contributed by atoms with E-state index in [-0.39, 0.29) is 17.5 Å². The Bertz CT molecular complexity index is 535. The second kappa shape index (κ2) is 5.98. The van der Waals surface area contributed by atoms with Crippen LogP contribution in [0.25, 0.3) is 0 Å². The molecule has 1 spiro atoms. The molecule has 0 radical (unpaired) electrons. The zero-order valence-corrected chi connectivity index (χ0v) is 13.1. The highest BCUT2D eigenvalue weighted by molar-refractivity contribution is 6.31. The van der Waals surface area contributed by atoms with Crippen LogP contribution >= 0.6 is 11.6 Å². The molecule has 1 aromatic carbocycles. The first-order valence-electron chi connectivity index (χ1n) is 7.69. The summed E-state index contributed by atoms with van der Waals surface area (Å²) in [6, 6.07) is 5.26. The summed E-state index contributed by atoms with van der Waals surface area (Å²) in [6.07, 6.45) is 6.67. The van der Waals surface area contributed by atoms with Crippen molar-refractivity contribution in [2.24, 2.45) is 0 Å². The first-order valence-corrected chi connectivity index (χ1v) is 8.07. The molecule has 1 aliphatic carbocycles. The topological polar surface area (TPSA) is 35.5 Å². The van der Waals surface area contributed by atoms with Crippen LogP contribution < -0.4 is 4.74 Å². The molecule has 0 N–H and O–H groups in total. The Hall–Kier alpha value is -1.06. The minimum Gasteiger partial charge on any atom is -0.489 e. The van der Waals surface area contributed by atoms with Crippen LogP contribution in [0.4, 0.5) is 0 Å². The van der Waals surface area contributed by atoms with E-state index in [9.17, 15) is 4.79 Å². The number of benzene rings is 1. The summed E-state index contributed by atoms with van der Waals surface area (Å²) in [6.45, 7) is 2.29.